The van der Waals surface area contributed by atoms with Crippen LogP contribution in [0.25, 0.3) is 0 Å². The molecule has 1 aromatic rings. The summed E-state index contributed by atoms with van der Waals surface area (Å²) in [5.74, 6) is 0.807. The van der Waals surface area contributed by atoms with E-state index in [4.69, 9.17) is 5.73 Å². The summed E-state index contributed by atoms with van der Waals surface area (Å²) in [5.41, 5.74) is 5.61. The van der Waals surface area contributed by atoms with Crippen LogP contribution in [-0.4, -0.2) is 43.6 Å². The van der Waals surface area contributed by atoms with Crippen molar-refractivity contribution in [3.8, 4) is 0 Å². The average molecular weight is 254 g/mol. The minimum Gasteiger partial charge on any atom is -0.351 e. The second kappa shape index (κ2) is 5.80. The third kappa shape index (κ3) is 3.40. The van der Waals surface area contributed by atoms with Gasteiger partial charge in [0.05, 0.1) is 0 Å². The van der Waals surface area contributed by atoms with Crippen LogP contribution >= 0.6 is 11.3 Å². The van der Waals surface area contributed by atoms with Crippen molar-refractivity contribution in [2.75, 3.05) is 38.6 Å². The number of rotatable bonds is 4. The number of likely N-dealkylation sites (tertiary alicyclic amines) is 1. The molecule has 0 unspecified atom stereocenters. The van der Waals surface area contributed by atoms with Crippen LogP contribution in [0.4, 0.5) is 5.13 Å². The van der Waals surface area contributed by atoms with E-state index in [9.17, 15) is 0 Å². The molecule has 0 saturated carbocycles. The van der Waals surface area contributed by atoms with Crippen molar-refractivity contribution in [3.63, 3.8) is 0 Å². The molecule has 0 aromatic carbocycles. The van der Waals surface area contributed by atoms with Crippen molar-refractivity contribution in [2.45, 2.75) is 19.4 Å². The van der Waals surface area contributed by atoms with Crippen molar-refractivity contribution >= 4 is 16.5 Å². The second-order valence-electron chi connectivity index (χ2n) is 4.94. The van der Waals surface area contributed by atoms with Gasteiger partial charge in [-0.25, -0.2) is 4.98 Å². The lowest BCUT2D eigenvalue weighted by atomic mass is 9.97. The monoisotopic (exact) mass is 254 g/mol. The Bertz CT molecular complexity index is 344. The number of nitrogens with zero attached hydrogens (tertiary/aromatic N) is 3. The maximum absolute atomic E-state index is 5.61. The highest BCUT2D eigenvalue weighted by molar-refractivity contribution is 7.15. The summed E-state index contributed by atoms with van der Waals surface area (Å²) in [5, 5.41) is 1.10. The molecule has 0 atom stereocenters. The molecule has 1 saturated heterocycles. The average Bonchev–Trinajstić information content (AvgIpc) is 2.81. The highest BCUT2D eigenvalue weighted by Crippen LogP contribution is 2.24. The van der Waals surface area contributed by atoms with Gasteiger partial charge in [0, 0.05) is 31.2 Å². The Labute approximate surface area is 107 Å². The summed E-state index contributed by atoms with van der Waals surface area (Å²) in [6.45, 7) is 4.17. The topological polar surface area (TPSA) is 45.4 Å². The van der Waals surface area contributed by atoms with E-state index >= 15 is 0 Å². The van der Waals surface area contributed by atoms with Gasteiger partial charge < -0.3 is 15.5 Å². The number of hydrogen-bond donors (Lipinski definition) is 1. The summed E-state index contributed by atoms with van der Waals surface area (Å²) in [6.07, 6.45) is 4.50. The molecule has 1 aliphatic heterocycles. The first-order valence-corrected chi connectivity index (χ1v) is 7.05. The van der Waals surface area contributed by atoms with E-state index in [-0.39, 0.29) is 0 Å². The Hall–Kier alpha value is -0.650. The Morgan fingerprint density at radius 2 is 2.24 bits per heavy atom. The third-order valence-corrected chi connectivity index (χ3v) is 4.57. The van der Waals surface area contributed by atoms with Crippen molar-refractivity contribution in [2.24, 2.45) is 11.7 Å². The minimum absolute atomic E-state index is 0.597. The van der Waals surface area contributed by atoms with Crippen molar-refractivity contribution in [1.29, 1.82) is 0 Å². The van der Waals surface area contributed by atoms with E-state index in [0.29, 0.717) is 6.54 Å². The fraction of sp³-hybridized carbons (Fsp3) is 0.750. The van der Waals surface area contributed by atoms with E-state index in [0.717, 1.165) is 22.5 Å². The first-order valence-electron chi connectivity index (χ1n) is 6.23. The summed E-state index contributed by atoms with van der Waals surface area (Å²) < 4.78 is 0. The number of thiazole rings is 1. The van der Waals surface area contributed by atoms with Crippen LogP contribution in [-0.2, 0) is 6.54 Å². The maximum atomic E-state index is 5.61. The lowest BCUT2D eigenvalue weighted by Crippen LogP contribution is -2.35. The van der Waals surface area contributed by atoms with Crippen LogP contribution in [0.5, 0.6) is 0 Å². The molecule has 2 rings (SSSR count). The van der Waals surface area contributed by atoms with Crippen LogP contribution in [0, 0.1) is 5.92 Å². The lowest BCUT2D eigenvalue weighted by molar-refractivity contribution is 0.222. The number of hydrogen-bond acceptors (Lipinski definition) is 5. The van der Waals surface area contributed by atoms with Gasteiger partial charge in [-0.1, -0.05) is 0 Å². The molecule has 0 radical (unpaired) electrons. The Morgan fingerprint density at radius 1 is 1.53 bits per heavy atom. The Morgan fingerprint density at radius 3 is 2.82 bits per heavy atom. The van der Waals surface area contributed by atoms with Gasteiger partial charge in [-0.3, -0.25) is 0 Å². The minimum atomic E-state index is 0.597. The zero-order valence-corrected chi connectivity index (χ0v) is 11.5. The highest BCUT2D eigenvalue weighted by Gasteiger charge is 2.19. The molecule has 4 nitrogen and oxygen atoms in total. The molecule has 0 aliphatic carbocycles. The molecule has 0 bridgehead atoms. The number of anilines is 1. The van der Waals surface area contributed by atoms with Gasteiger partial charge in [0.15, 0.2) is 5.13 Å². The van der Waals surface area contributed by atoms with Gasteiger partial charge in [-0.05, 0) is 38.9 Å². The van der Waals surface area contributed by atoms with E-state index in [1.807, 2.05) is 6.20 Å². The van der Waals surface area contributed by atoms with Crippen LogP contribution in [0.2, 0.25) is 0 Å². The quantitative estimate of drug-likeness (QED) is 0.882. The molecule has 2 N–H and O–H groups in total. The van der Waals surface area contributed by atoms with E-state index < -0.39 is 0 Å². The fourth-order valence-corrected chi connectivity index (χ4v) is 3.04. The fourth-order valence-electron chi connectivity index (χ4n) is 2.28. The number of aromatic nitrogens is 1. The predicted octanol–water partition coefficient (Wildman–Crippen LogP) is 1.38. The largest absolute Gasteiger partial charge is 0.351 e. The van der Waals surface area contributed by atoms with Gasteiger partial charge in [-0.2, -0.15) is 0 Å². The Kier molecular flexibility index (Phi) is 4.36. The predicted molar refractivity (Wildman–Crippen MR) is 73.5 cm³/mol. The van der Waals surface area contributed by atoms with Crippen LogP contribution < -0.4 is 10.6 Å². The summed E-state index contributed by atoms with van der Waals surface area (Å²) in [7, 11) is 4.34. The summed E-state index contributed by atoms with van der Waals surface area (Å²) >= 11 is 1.71. The van der Waals surface area contributed by atoms with Crippen LogP contribution in [0.15, 0.2) is 6.20 Å². The molecular weight excluding hydrogens is 232 g/mol. The zero-order valence-electron chi connectivity index (χ0n) is 10.7. The smallest absolute Gasteiger partial charge is 0.185 e. The molecule has 0 amide bonds. The van der Waals surface area contributed by atoms with Gasteiger partial charge >= 0.3 is 0 Å². The third-order valence-electron chi connectivity index (χ3n) is 3.44. The highest BCUT2D eigenvalue weighted by atomic mass is 32.1. The van der Waals surface area contributed by atoms with Crippen molar-refractivity contribution in [3.05, 3.63) is 11.1 Å². The maximum Gasteiger partial charge on any atom is 0.185 e. The molecule has 1 fully saturated rings. The van der Waals surface area contributed by atoms with Crippen LogP contribution in [0.3, 0.4) is 0 Å². The van der Waals surface area contributed by atoms with E-state index in [1.165, 1.54) is 25.9 Å². The normalized spacial score (nSPS) is 18.5. The molecule has 96 valence electrons. The van der Waals surface area contributed by atoms with Gasteiger partial charge in [0.2, 0.25) is 0 Å². The zero-order chi connectivity index (χ0) is 12.3. The lowest BCUT2D eigenvalue weighted by Gasteiger charge is -2.31. The molecule has 17 heavy (non-hydrogen) atoms. The van der Waals surface area contributed by atoms with Crippen molar-refractivity contribution < 1.29 is 0 Å². The number of nitrogens with two attached hydrogens (primary N) is 1. The van der Waals surface area contributed by atoms with Crippen LogP contribution in [0.1, 0.15) is 17.7 Å². The molecular formula is C12H22N4S. The molecule has 2 heterocycles. The SMILES string of the molecule is CN1CCC(CN(C)c2ncc(CN)s2)CC1. The summed E-state index contributed by atoms with van der Waals surface area (Å²) in [6, 6.07) is 0. The Balaban J connectivity index is 1.86. The first-order chi connectivity index (χ1) is 8.19. The molecule has 5 heteroatoms. The summed E-state index contributed by atoms with van der Waals surface area (Å²) in [4.78, 5) is 10.3. The van der Waals surface area contributed by atoms with Gasteiger partial charge in [0.25, 0.3) is 0 Å². The molecule has 0 spiro atoms. The second-order valence-corrected chi connectivity index (χ2v) is 6.03. The van der Waals surface area contributed by atoms with Gasteiger partial charge in [-0.15, -0.1) is 11.3 Å². The van der Waals surface area contributed by atoms with Crippen molar-refractivity contribution in [1.82, 2.24) is 9.88 Å². The van der Waals surface area contributed by atoms with E-state index in [1.54, 1.807) is 11.3 Å². The first kappa shape index (κ1) is 12.8. The molecule has 1 aromatic heterocycles. The van der Waals surface area contributed by atoms with Gasteiger partial charge in [0.1, 0.15) is 0 Å². The standard InChI is InChI=1S/C12H22N4S/c1-15-5-3-10(4-6-15)9-16(2)12-14-8-11(7-13)17-12/h8,10H,3-7,9,13H2,1-2H3. The molecule has 1 aliphatic rings. The number of piperidine rings is 1. The van der Waals surface area contributed by atoms with E-state index in [2.05, 4.69) is 28.9 Å².